The number of aliphatic hydroxyl groups excluding tert-OH is 1. The van der Waals surface area contributed by atoms with Crippen molar-refractivity contribution < 1.29 is 18.7 Å². The molecule has 19 heavy (non-hydrogen) atoms. The van der Waals surface area contributed by atoms with Crippen LogP contribution in [0.2, 0.25) is 0 Å². The van der Waals surface area contributed by atoms with Gasteiger partial charge in [-0.2, -0.15) is 0 Å². The maximum absolute atomic E-state index is 13.2. The third-order valence-electron chi connectivity index (χ3n) is 2.59. The molecule has 0 bridgehead atoms. The van der Waals surface area contributed by atoms with E-state index < -0.39 is 11.9 Å². The van der Waals surface area contributed by atoms with Crippen LogP contribution in [0.3, 0.4) is 0 Å². The number of rotatable bonds is 5. The fourth-order valence-electron chi connectivity index (χ4n) is 1.61. The molecule has 0 spiro atoms. The van der Waals surface area contributed by atoms with Crippen LogP contribution < -0.4 is 4.74 Å². The molecule has 5 nitrogen and oxygen atoms in total. The Morgan fingerprint density at radius 3 is 2.74 bits per heavy atom. The fraction of sp³-hybridized carbons (Fsp3) is 0.385. The van der Waals surface area contributed by atoms with Crippen molar-refractivity contribution >= 4 is 0 Å². The fourth-order valence-corrected chi connectivity index (χ4v) is 1.61. The molecule has 0 fully saturated rings. The zero-order valence-corrected chi connectivity index (χ0v) is 10.8. The van der Waals surface area contributed by atoms with Crippen LogP contribution in [-0.4, -0.2) is 15.3 Å². The molecule has 1 aromatic heterocycles. The van der Waals surface area contributed by atoms with Gasteiger partial charge in [0.1, 0.15) is 11.6 Å². The van der Waals surface area contributed by atoms with Gasteiger partial charge in [0.15, 0.2) is 6.61 Å². The smallest absolute Gasteiger partial charge is 0.253 e. The number of benzene rings is 1. The SMILES string of the molecule is CCc1nnc(COc2cc(F)ccc2C(C)O)o1. The number of aryl methyl sites for hydroxylation is 1. The molecule has 6 heteroatoms. The van der Waals surface area contributed by atoms with Crippen LogP contribution in [0.15, 0.2) is 22.6 Å². The van der Waals surface area contributed by atoms with Crippen molar-refractivity contribution in [2.24, 2.45) is 0 Å². The van der Waals surface area contributed by atoms with Gasteiger partial charge in [-0.05, 0) is 19.1 Å². The third-order valence-corrected chi connectivity index (χ3v) is 2.59. The van der Waals surface area contributed by atoms with E-state index in [0.29, 0.717) is 23.8 Å². The predicted octanol–water partition coefficient (Wildman–Crippen LogP) is 2.40. The molecular formula is C13H15FN2O3. The quantitative estimate of drug-likeness (QED) is 0.900. The first-order chi connectivity index (χ1) is 9.10. The van der Waals surface area contributed by atoms with Gasteiger partial charge in [0.25, 0.3) is 5.89 Å². The van der Waals surface area contributed by atoms with Crippen molar-refractivity contribution in [1.82, 2.24) is 10.2 Å². The lowest BCUT2D eigenvalue weighted by molar-refractivity contribution is 0.186. The average Bonchev–Trinajstić information content (AvgIpc) is 2.84. The Morgan fingerprint density at radius 1 is 1.37 bits per heavy atom. The molecule has 1 unspecified atom stereocenters. The molecule has 2 aromatic rings. The van der Waals surface area contributed by atoms with E-state index in [2.05, 4.69) is 10.2 Å². The maximum atomic E-state index is 13.2. The molecule has 0 saturated carbocycles. The highest BCUT2D eigenvalue weighted by molar-refractivity contribution is 5.35. The maximum Gasteiger partial charge on any atom is 0.253 e. The molecule has 1 N–H and O–H groups in total. The second kappa shape index (κ2) is 5.79. The third kappa shape index (κ3) is 3.29. The number of halogens is 1. The van der Waals surface area contributed by atoms with Gasteiger partial charge < -0.3 is 14.3 Å². The van der Waals surface area contributed by atoms with E-state index >= 15 is 0 Å². The van der Waals surface area contributed by atoms with Gasteiger partial charge in [-0.15, -0.1) is 10.2 Å². The largest absolute Gasteiger partial charge is 0.483 e. The Balaban J connectivity index is 2.12. The highest BCUT2D eigenvalue weighted by Crippen LogP contribution is 2.26. The standard InChI is InChI=1S/C13H15FN2O3/c1-3-12-15-16-13(19-12)7-18-11-6-9(14)4-5-10(11)8(2)17/h4-6,8,17H,3,7H2,1-2H3. The predicted molar refractivity (Wildman–Crippen MR) is 65.0 cm³/mol. The van der Waals surface area contributed by atoms with Gasteiger partial charge in [0.05, 0.1) is 6.10 Å². The molecule has 0 aliphatic carbocycles. The van der Waals surface area contributed by atoms with Crippen LogP contribution in [-0.2, 0) is 13.0 Å². The lowest BCUT2D eigenvalue weighted by Gasteiger charge is -2.12. The number of nitrogens with zero attached hydrogens (tertiary/aromatic N) is 2. The summed E-state index contributed by atoms with van der Waals surface area (Å²) in [6.45, 7) is 3.52. The van der Waals surface area contributed by atoms with E-state index in [1.807, 2.05) is 6.92 Å². The van der Waals surface area contributed by atoms with Crippen molar-refractivity contribution in [2.45, 2.75) is 33.0 Å². The van der Waals surface area contributed by atoms with E-state index in [0.717, 1.165) is 0 Å². The Kier molecular flexibility index (Phi) is 4.11. The van der Waals surface area contributed by atoms with Crippen LogP contribution in [0.4, 0.5) is 4.39 Å². The molecule has 0 aliphatic heterocycles. The molecule has 0 amide bonds. The normalized spacial score (nSPS) is 12.4. The van der Waals surface area contributed by atoms with Crippen molar-refractivity contribution in [3.63, 3.8) is 0 Å². The van der Waals surface area contributed by atoms with Gasteiger partial charge in [0.2, 0.25) is 5.89 Å². The Hall–Kier alpha value is -1.95. The lowest BCUT2D eigenvalue weighted by atomic mass is 10.1. The van der Waals surface area contributed by atoms with Crippen molar-refractivity contribution in [1.29, 1.82) is 0 Å². The summed E-state index contributed by atoms with van der Waals surface area (Å²) in [7, 11) is 0. The second-order valence-corrected chi connectivity index (χ2v) is 4.09. The first-order valence-electron chi connectivity index (χ1n) is 6.01. The van der Waals surface area contributed by atoms with E-state index in [1.54, 1.807) is 6.92 Å². The number of ether oxygens (including phenoxy) is 1. The minimum absolute atomic E-state index is 0.0379. The first-order valence-corrected chi connectivity index (χ1v) is 6.01. The zero-order valence-electron chi connectivity index (χ0n) is 10.8. The van der Waals surface area contributed by atoms with Crippen LogP contribution >= 0.6 is 0 Å². The minimum atomic E-state index is -0.746. The average molecular weight is 266 g/mol. The molecule has 0 aliphatic rings. The van der Waals surface area contributed by atoms with Crippen LogP contribution in [0.5, 0.6) is 5.75 Å². The van der Waals surface area contributed by atoms with Gasteiger partial charge in [-0.3, -0.25) is 0 Å². The van der Waals surface area contributed by atoms with E-state index in [9.17, 15) is 9.50 Å². The Morgan fingerprint density at radius 2 is 2.11 bits per heavy atom. The molecule has 0 saturated heterocycles. The molecule has 0 radical (unpaired) electrons. The second-order valence-electron chi connectivity index (χ2n) is 4.09. The Labute approximate surface area is 110 Å². The first kappa shape index (κ1) is 13.5. The number of aliphatic hydroxyl groups is 1. The summed E-state index contributed by atoms with van der Waals surface area (Å²) >= 11 is 0. The minimum Gasteiger partial charge on any atom is -0.483 e. The van der Waals surface area contributed by atoms with Crippen LogP contribution in [0.1, 0.15) is 37.3 Å². The molecule has 1 aromatic carbocycles. The summed E-state index contributed by atoms with van der Waals surface area (Å²) in [6.07, 6.45) is -0.101. The summed E-state index contributed by atoms with van der Waals surface area (Å²) in [4.78, 5) is 0. The zero-order chi connectivity index (χ0) is 13.8. The highest BCUT2D eigenvalue weighted by Gasteiger charge is 2.12. The summed E-state index contributed by atoms with van der Waals surface area (Å²) < 4.78 is 23.9. The monoisotopic (exact) mass is 266 g/mol. The van der Waals surface area contributed by atoms with Crippen molar-refractivity contribution in [2.75, 3.05) is 0 Å². The van der Waals surface area contributed by atoms with E-state index in [-0.39, 0.29) is 12.4 Å². The van der Waals surface area contributed by atoms with Gasteiger partial charge in [0, 0.05) is 18.1 Å². The molecular weight excluding hydrogens is 251 g/mol. The Bertz CT molecular complexity index is 555. The summed E-state index contributed by atoms with van der Waals surface area (Å²) in [5.74, 6) is 0.677. The summed E-state index contributed by atoms with van der Waals surface area (Å²) in [5.41, 5.74) is 0.511. The van der Waals surface area contributed by atoms with Crippen LogP contribution in [0, 0.1) is 5.82 Å². The molecule has 102 valence electrons. The van der Waals surface area contributed by atoms with Crippen molar-refractivity contribution in [3.8, 4) is 5.75 Å². The number of hydrogen-bond acceptors (Lipinski definition) is 5. The molecule has 1 heterocycles. The summed E-state index contributed by atoms with van der Waals surface area (Å²) in [5, 5.41) is 17.2. The number of hydrogen-bond donors (Lipinski definition) is 1. The lowest BCUT2D eigenvalue weighted by Crippen LogP contribution is -2.02. The van der Waals surface area contributed by atoms with E-state index in [1.165, 1.54) is 18.2 Å². The van der Waals surface area contributed by atoms with Crippen molar-refractivity contribution in [3.05, 3.63) is 41.4 Å². The summed E-state index contributed by atoms with van der Waals surface area (Å²) in [6, 6.07) is 3.98. The van der Waals surface area contributed by atoms with Gasteiger partial charge in [-0.1, -0.05) is 6.92 Å². The van der Waals surface area contributed by atoms with Gasteiger partial charge in [-0.25, -0.2) is 4.39 Å². The van der Waals surface area contributed by atoms with Gasteiger partial charge >= 0.3 is 0 Å². The van der Waals surface area contributed by atoms with E-state index in [4.69, 9.17) is 9.15 Å². The topological polar surface area (TPSA) is 68.4 Å². The molecule has 1 atom stereocenters. The van der Waals surface area contributed by atoms with Crippen LogP contribution in [0.25, 0.3) is 0 Å². The highest BCUT2D eigenvalue weighted by atomic mass is 19.1. The molecule has 2 rings (SSSR count). The number of aromatic nitrogens is 2.